The molecule has 8 heteroatoms. The second-order valence-electron chi connectivity index (χ2n) is 5.16. The summed E-state index contributed by atoms with van der Waals surface area (Å²) < 4.78 is 44.1. The van der Waals surface area contributed by atoms with Crippen LogP contribution in [0.3, 0.4) is 0 Å². The minimum absolute atomic E-state index is 0.0495. The fourth-order valence-electron chi connectivity index (χ4n) is 2.46. The molecule has 1 aliphatic rings. The van der Waals surface area contributed by atoms with Gasteiger partial charge in [-0.05, 0) is 30.3 Å². The summed E-state index contributed by atoms with van der Waals surface area (Å²) >= 11 is 0. The van der Waals surface area contributed by atoms with Crippen LogP contribution in [0, 0.1) is 5.82 Å². The second kappa shape index (κ2) is 6.13. The zero-order valence-corrected chi connectivity index (χ0v) is 13.0. The highest BCUT2D eigenvalue weighted by atomic mass is 32.2. The van der Waals surface area contributed by atoms with Crippen LogP contribution in [0.4, 0.5) is 4.39 Å². The number of amides is 1. The Balaban J connectivity index is 1.69. The molecule has 0 unspecified atom stereocenters. The topological polar surface area (TPSA) is 70.8 Å². The molecule has 1 amide bonds. The van der Waals surface area contributed by atoms with Crippen molar-refractivity contribution in [1.29, 1.82) is 0 Å². The summed E-state index contributed by atoms with van der Waals surface area (Å²) in [6, 6.07) is 6.29. The van der Waals surface area contributed by atoms with E-state index in [2.05, 4.69) is 0 Å². The van der Waals surface area contributed by atoms with Gasteiger partial charge in [-0.3, -0.25) is 4.79 Å². The quantitative estimate of drug-likeness (QED) is 0.852. The summed E-state index contributed by atoms with van der Waals surface area (Å²) in [5.74, 6) is -0.669. The summed E-state index contributed by atoms with van der Waals surface area (Å²) in [7, 11) is -3.67. The first-order valence-electron chi connectivity index (χ1n) is 7.06. The fraction of sp³-hybridized carbons (Fsp3) is 0.267. The molecule has 0 aliphatic carbocycles. The van der Waals surface area contributed by atoms with Gasteiger partial charge in [0.15, 0.2) is 0 Å². The highest BCUT2D eigenvalue weighted by Crippen LogP contribution is 2.19. The van der Waals surface area contributed by atoms with Crippen molar-refractivity contribution in [3.8, 4) is 0 Å². The maximum Gasteiger partial charge on any atom is 0.257 e. The van der Waals surface area contributed by atoms with Crippen LogP contribution in [-0.2, 0) is 10.0 Å². The van der Waals surface area contributed by atoms with Gasteiger partial charge < -0.3 is 9.32 Å². The molecule has 0 spiro atoms. The summed E-state index contributed by atoms with van der Waals surface area (Å²) in [6.07, 6.45) is 2.78. The minimum Gasteiger partial charge on any atom is -0.472 e. The summed E-state index contributed by atoms with van der Waals surface area (Å²) in [6.45, 7) is 0.988. The van der Waals surface area contributed by atoms with Crippen molar-refractivity contribution in [3.63, 3.8) is 0 Å². The number of rotatable bonds is 3. The van der Waals surface area contributed by atoms with Gasteiger partial charge in [-0.15, -0.1) is 0 Å². The second-order valence-corrected chi connectivity index (χ2v) is 7.10. The molecular weight excluding hydrogens is 323 g/mol. The third-order valence-corrected chi connectivity index (χ3v) is 5.66. The van der Waals surface area contributed by atoms with Gasteiger partial charge in [0.25, 0.3) is 5.91 Å². The SMILES string of the molecule is O=C(c1ccoc1)N1CCN(S(=O)(=O)c2ccc(F)cc2)CC1. The molecule has 1 fully saturated rings. The van der Waals surface area contributed by atoms with E-state index in [4.69, 9.17) is 4.42 Å². The Morgan fingerprint density at radius 2 is 1.70 bits per heavy atom. The Morgan fingerprint density at radius 3 is 2.26 bits per heavy atom. The van der Waals surface area contributed by atoms with Gasteiger partial charge in [-0.1, -0.05) is 0 Å². The van der Waals surface area contributed by atoms with E-state index < -0.39 is 15.8 Å². The Kier molecular flexibility index (Phi) is 4.18. The lowest BCUT2D eigenvalue weighted by molar-refractivity contribution is 0.0697. The third-order valence-electron chi connectivity index (χ3n) is 3.75. The summed E-state index contributed by atoms with van der Waals surface area (Å²) in [5.41, 5.74) is 0.444. The summed E-state index contributed by atoms with van der Waals surface area (Å²) in [5, 5.41) is 0. The van der Waals surface area contributed by atoms with Crippen LogP contribution >= 0.6 is 0 Å². The van der Waals surface area contributed by atoms with Crippen molar-refractivity contribution >= 4 is 15.9 Å². The van der Waals surface area contributed by atoms with E-state index in [0.29, 0.717) is 18.7 Å². The van der Waals surface area contributed by atoms with Gasteiger partial charge in [0.05, 0.1) is 16.7 Å². The maximum atomic E-state index is 12.9. The highest BCUT2D eigenvalue weighted by molar-refractivity contribution is 7.89. The molecule has 0 radical (unpaired) electrons. The first-order chi connectivity index (χ1) is 11.0. The molecule has 0 atom stereocenters. The van der Waals surface area contributed by atoms with Crippen molar-refractivity contribution in [2.24, 2.45) is 0 Å². The molecule has 23 heavy (non-hydrogen) atoms. The molecule has 3 rings (SSSR count). The number of nitrogens with zero attached hydrogens (tertiary/aromatic N) is 2. The van der Waals surface area contributed by atoms with Crippen molar-refractivity contribution < 1.29 is 22.0 Å². The lowest BCUT2D eigenvalue weighted by Gasteiger charge is -2.33. The number of furan rings is 1. The predicted molar refractivity (Wildman–Crippen MR) is 79.8 cm³/mol. The molecule has 0 saturated carbocycles. The van der Waals surface area contributed by atoms with Crippen molar-refractivity contribution in [1.82, 2.24) is 9.21 Å². The number of hydrogen-bond acceptors (Lipinski definition) is 4. The number of carbonyl (C=O) groups is 1. The van der Waals surface area contributed by atoms with Crippen molar-refractivity contribution in [3.05, 3.63) is 54.2 Å². The van der Waals surface area contributed by atoms with Gasteiger partial charge in [-0.2, -0.15) is 4.31 Å². The maximum absolute atomic E-state index is 12.9. The fourth-order valence-corrected chi connectivity index (χ4v) is 3.88. The van der Waals surface area contributed by atoms with E-state index in [1.54, 1.807) is 11.0 Å². The molecule has 1 aromatic carbocycles. The van der Waals surface area contributed by atoms with E-state index in [9.17, 15) is 17.6 Å². The van der Waals surface area contributed by atoms with E-state index in [1.165, 1.54) is 29.0 Å². The average Bonchev–Trinajstić information content (AvgIpc) is 3.09. The van der Waals surface area contributed by atoms with Crippen LogP contribution in [0.1, 0.15) is 10.4 Å². The van der Waals surface area contributed by atoms with E-state index in [1.807, 2.05) is 0 Å². The zero-order valence-electron chi connectivity index (χ0n) is 12.2. The number of halogens is 1. The molecule has 1 aromatic heterocycles. The van der Waals surface area contributed by atoms with Crippen LogP contribution < -0.4 is 0 Å². The molecular formula is C15H15FN2O4S. The Hall–Kier alpha value is -2.19. The van der Waals surface area contributed by atoms with E-state index in [-0.39, 0.29) is 23.9 Å². The monoisotopic (exact) mass is 338 g/mol. The molecule has 1 aliphatic heterocycles. The molecule has 0 bridgehead atoms. The molecule has 0 N–H and O–H groups in total. The smallest absolute Gasteiger partial charge is 0.257 e. The van der Waals surface area contributed by atoms with E-state index in [0.717, 1.165) is 12.1 Å². The number of carbonyl (C=O) groups excluding carboxylic acids is 1. The first-order valence-corrected chi connectivity index (χ1v) is 8.50. The number of benzene rings is 1. The molecule has 6 nitrogen and oxygen atoms in total. The Bertz CT molecular complexity index is 779. The van der Waals surface area contributed by atoms with Crippen LogP contribution in [-0.4, -0.2) is 49.7 Å². The van der Waals surface area contributed by atoms with Gasteiger partial charge >= 0.3 is 0 Å². The normalized spacial score (nSPS) is 16.5. The van der Waals surface area contributed by atoms with Crippen LogP contribution in [0.5, 0.6) is 0 Å². The molecule has 122 valence electrons. The molecule has 1 saturated heterocycles. The van der Waals surface area contributed by atoms with E-state index >= 15 is 0 Å². The first kappa shape index (κ1) is 15.7. The molecule has 2 aromatic rings. The summed E-state index contributed by atoms with van der Waals surface area (Å²) in [4.78, 5) is 13.8. The molecule has 2 heterocycles. The van der Waals surface area contributed by atoms with Gasteiger partial charge in [0.1, 0.15) is 12.1 Å². The van der Waals surface area contributed by atoms with Crippen molar-refractivity contribution in [2.75, 3.05) is 26.2 Å². The largest absolute Gasteiger partial charge is 0.472 e. The van der Waals surface area contributed by atoms with Gasteiger partial charge in [0.2, 0.25) is 10.0 Å². The average molecular weight is 338 g/mol. The number of hydrogen-bond donors (Lipinski definition) is 0. The lowest BCUT2D eigenvalue weighted by atomic mass is 10.2. The number of piperazine rings is 1. The Labute approximate surface area is 133 Å². The Morgan fingerprint density at radius 1 is 1.04 bits per heavy atom. The number of sulfonamides is 1. The van der Waals surface area contributed by atoms with Gasteiger partial charge in [0, 0.05) is 26.2 Å². The predicted octanol–water partition coefficient (Wildman–Crippen LogP) is 1.57. The third kappa shape index (κ3) is 3.13. The standard InChI is InChI=1S/C15H15FN2O4S/c16-13-1-3-14(4-2-13)23(20,21)18-8-6-17(7-9-18)15(19)12-5-10-22-11-12/h1-5,10-11H,6-9H2. The minimum atomic E-state index is -3.67. The van der Waals surface area contributed by atoms with Crippen molar-refractivity contribution in [2.45, 2.75) is 4.90 Å². The highest BCUT2D eigenvalue weighted by Gasteiger charge is 2.30. The lowest BCUT2D eigenvalue weighted by Crippen LogP contribution is -2.50. The van der Waals surface area contributed by atoms with Gasteiger partial charge in [-0.25, -0.2) is 12.8 Å². The van der Waals surface area contributed by atoms with Crippen LogP contribution in [0.15, 0.2) is 52.2 Å². The van der Waals surface area contributed by atoms with Crippen LogP contribution in [0.25, 0.3) is 0 Å². The van der Waals surface area contributed by atoms with Crippen LogP contribution in [0.2, 0.25) is 0 Å². The zero-order chi connectivity index (χ0) is 16.4.